The molecule has 2 rings (SSSR count). The maximum atomic E-state index is 11.3. The fourth-order valence-electron chi connectivity index (χ4n) is 1.55. The van der Waals surface area contributed by atoms with Crippen LogP contribution in [0.15, 0.2) is 15.3 Å². The molecule has 0 aliphatic heterocycles. The van der Waals surface area contributed by atoms with Gasteiger partial charge in [-0.25, -0.2) is 4.79 Å². The van der Waals surface area contributed by atoms with Gasteiger partial charge in [-0.2, -0.15) is 0 Å². The number of aromatic nitrogens is 3. The average molecular weight is 281 g/mol. The van der Waals surface area contributed by atoms with Gasteiger partial charge in [0, 0.05) is 10.6 Å². The van der Waals surface area contributed by atoms with Crippen molar-refractivity contribution in [2.24, 2.45) is 0 Å². The number of carboxylic acids is 1. The molecule has 18 heavy (non-hydrogen) atoms. The van der Waals surface area contributed by atoms with Crippen molar-refractivity contribution in [2.45, 2.75) is 30.0 Å². The molecule has 0 spiro atoms. The Labute approximate surface area is 112 Å². The lowest BCUT2D eigenvalue weighted by Gasteiger charge is -2.07. The zero-order valence-electron chi connectivity index (χ0n) is 10.1. The number of pyridine rings is 1. The summed E-state index contributed by atoms with van der Waals surface area (Å²) in [7, 11) is 0. The minimum absolute atomic E-state index is 0.235. The van der Waals surface area contributed by atoms with E-state index >= 15 is 0 Å². The number of aryl methyl sites for hydroxylation is 3. The molecule has 1 N–H and O–H groups in total. The summed E-state index contributed by atoms with van der Waals surface area (Å²) in [4.78, 5) is 16.1. The largest absolute Gasteiger partial charge is 0.478 e. The topological polar surface area (TPSA) is 76.0 Å². The van der Waals surface area contributed by atoms with Crippen LogP contribution in [0.3, 0.4) is 0 Å². The van der Waals surface area contributed by atoms with Crippen molar-refractivity contribution in [3.8, 4) is 0 Å². The Morgan fingerprint density at radius 1 is 1.33 bits per heavy atom. The van der Waals surface area contributed by atoms with Crippen LogP contribution in [0.4, 0.5) is 0 Å². The van der Waals surface area contributed by atoms with Crippen LogP contribution in [0.2, 0.25) is 0 Å². The molecule has 94 valence electrons. The monoisotopic (exact) mass is 281 g/mol. The van der Waals surface area contributed by atoms with Crippen LogP contribution in [-0.4, -0.2) is 26.3 Å². The van der Waals surface area contributed by atoms with Crippen molar-refractivity contribution in [2.75, 3.05) is 0 Å². The number of rotatable bonds is 3. The molecule has 0 aromatic carbocycles. The highest BCUT2D eigenvalue weighted by Crippen LogP contribution is 2.33. The highest BCUT2D eigenvalue weighted by molar-refractivity contribution is 8.01. The van der Waals surface area contributed by atoms with Gasteiger partial charge in [0.25, 0.3) is 0 Å². The molecular weight excluding hydrogens is 270 g/mol. The molecule has 2 aromatic rings. The quantitative estimate of drug-likeness (QED) is 0.932. The lowest BCUT2D eigenvalue weighted by atomic mass is 10.2. The summed E-state index contributed by atoms with van der Waals surface area (Å²) in [5.74, 6) is -0.969. The molecule has 5 nitrogen and oxygen atoms in total. The lowest BCUT2D eigenvalue weighted by molar-refractivity contribution is 0.0691. The number of hydrogen-bond acceptors (Lipinski definition) is 6. The van der Waals surface area contributed by atoms with Crippen molar-refractivity contribution in [1.29, 1.82) is 0 Å². The van der Waals surface area contributed by atoms with E-state index in [1.54, 1.807) is 13.0 Å². The number of carboxylic acid groups (broad SMARTS) is 1. The van der Waals surface area contributed by atoms with Crippen molar-refractivity contribution in [3.63, 3.8) is 0 Å². The van der Waals surface area contributed by atoms with Crippen LogP contribution in [0.1, 0.15) is 26.8 Å². The van der Waals surface area contributed by atoms with Crippen LogP contribution >= 0.6 is 23.1 Å². The van der Waals surface area contributed by atoms with Crippen LogP contribution in [0.5, 0.6) is 0 Å². The zero-order valence-corrected chi connectivity index (χ0v) is 11.7. The second-order valence-electron chi connectivity index (χ2n) is 3.72. The Bertz CT molecular complexity index is 610. The zero-order chi connectivity index (χ0) is 13.3. The van der Waals surface area contributed by atoms with E-state index in [0.717, 1.165) is 15.0 Å². The Morgan fingerprint density at radius 2 is 2.06 bits per heavy atom. The van der Waals surface area contributed by atoms with Crippen molar-refractivity contribution in [1.82, 2.24) is 15.2 Å². The second-order valence-corrected chi connectivity index (χ2v) is 6.19. The molecule has 2 aromatic heterocycles. The molecule has 0 radical (unpaired) electrons. The van der Waals surface area contributed by atoms with Gasteiger partial charge in [-0.3, -0.25) is 4.98 Å². The van der Waals surface area contributed by atoms with E-state index in [1.807, 2.05) is 13.8 Å². The Balaban J connectivity index is 2.45. The standard InChI is InChI=1S/C11H11N3O2S2/c1-5-4-8(9(10(15)16)6(2)12-5)18-11-14-13-7(3)17-11/h4H,1-3H3,(H,15,16). The molecule has 0 saturated heterocycles. The van der Waals surface area contributed by atoms with Gasteiger partial charge in [0.05, 0.1) is 11.3 Å². The highest BCUT2D eigenvalue weighted by atomic mass is 32.2. The normalized spacial score (nSPS) is 10.6. The van der Waals surface area contributed by atoms with E-state index < -0.39 is 5.97 Å². The minimum Gasteiger partial charge on any atom is -0.478 e. The Morgan fingerprint density at radius 3 is 2.61 bits per heavy atom. The van der Waals surface area contributed by atoms with Gasteiger partial charge >= 0.3 is 5.97 Å². The van der Waals surface area contributed by atoms with E-state index in [0.29, 0.717) is 10.6 Å². The molecule has 0 aliphatic rings. The third kappa shape index (κ3) is 2.68. The third-order valence-corrected chi connectivity index (χ3v) is 4.14. The summed E-state index contributed by atoms with van der Waals surface area (Å²) >= 11 is 2.76. The maximum absolute atomic E-state index is 11.3. The van der Waals surface area contributed by atoms with E-state index in [2.05, 4.69) is 15.2 Å². The molecule has 0 aliphatic carbocycles. The van der Waals surface area contributed by atoms with E-state index in [1.165, 1.54) is 23.1 Å². The summed E-state index contributed by atoms with van der Waals surface area (Å²) in [5, 5.41) is 18.0. The predicted molar refractivity (Wildman–Crippen MR) is 69.4 cm³/mol. The highest BCUT2D eigenvalue weighted by Gasteiger charge is 2.17. The molecule has 7 heteroatoms. The Hall–Kier alpha value is -1.47. The van der Waals surface area contributed by atoms with Gasteiger partial charge in [0.2, 0.25) is 0 Å². The smallest absolute Gasteiger partial charge is 0.338 e. The SMILES string of the molecule is Cc1cc(Sc2nnc(C)s2)c(C(=O)O)c(C)n1. The average Bonchev–Trinajstić information content (AvgIpc) is 2.62. The molecule has 0 bridgehead atoms. The summed E-state index contributed by atoms with van der Waals surface area (Å²) < 4.78 is 0.736. The molecule has 0 saturated carbocycles. The van der Waals surface area contributed by atoms with Gasteiger partial charge in [0.15, 0.2) is 4.34 Å². The molecule has 0 atom stereocenters. The van der Waals surface area contributed by atoms with Gasteiger partial charge in [-0.05, 0) is 26.8 Å². The van der Waals surface area contributed by atoms with Gasteiger partial charge in [0.1, 0.15) is 5.01 Å². The summed E-state index contributed by atoms with van der Waals surface area (Å²) in [5.41, 5.74) is 1.55. The van der Waals surface area contributed by atoms with Crippen molar-refractivity contribution >= 4 is 29.1 Å². The maximum Gasteiger partial charge on any atom is 0.338 e. The lowest BCUT2D eigenvalue weighted by Crippen LogP contribution is -2.05. The van der Waals surface area contributed by atoms with E-state index in [-0.39, 0.29) is 5.56 Å². The van der Waals surface area contributed by atoms with Crippen LogP contribution in [0, 0.1) is 20.8 Å². The van der Waals surface area contributed by atoms with Crippen LogP contribution in [-0.2, 0) is 0 Å². The third-order valence-electron chi connectivity index (χ3n) is 2.21. The first kappa shape index (κ1) is 13.0. The first-order valence-corrected chi connectivity index (χ1v) is 6.80. The van der Waals surface area contributed by atoms with Gasteiger partial charge in [-0.15, -0.1) is 10.2 Å². The second kappa shape index (κ2) is 5.03. The minimum atomic E-state index is -0.969. The summed E-state index contributed by atoms with van der Waals surface area (Å²) in [6, 6.07) is 1.76. The first-order valence-electron chi connectivity index (χ1n) is 5.17. The molecule has 0 unspecified atom stereocenters. The number of carbonyl (C=O) groups is 1. The fourth-order valence-corrected chi connectivity index (χ4v) is 3.60. The molecule has 0 amide bonds. The van der Waals surface area contributed by atoms with Crippen molar-refractivity contribution < 1.29 is 9.90 Å². The number of nitrogens with zero attached hydrogens (tertiary/aromatic N) is 3. The predicted octanol–water partition coefficient (Wildman–Crippen LogP) is 2.71. The first-order chi connectivity index (χ1) is 8.47. The van der Waals surface area contributed by atoms with Crippen LogP contribution in [0.25, 0.3) is 0 Å². The Kier molecular flexibility index (Phi) is 3.63. The number of aromatic carboxylic acids is 1. The summed E-state index contributed by atoms with van der Waals surface area (Å²) in [6.45, 7) is 5.41. The van der Waals surface area contributed by atoms with Gasteiger partial charge < -0.3 is 5.11 Å². The van der Waals surface area contributed by atoms with Gasteiger partial charge in [-0.1, -0.05) is 23.1 Å². The summed E-state index contributed by atoms with van der Waals surface area (Å²) in [6.07, 6.45) is 0. The molecular formula is C11H11N3O2S2. The molecule has 2 heterocycles. The van der Waals surface area contributed by atoms with Crippen LogP contribution < -0.4 is 0 Å². The fraction of sp³-hybridized carbons (Fsp3) is 0.273. The molecule has 0 fully saturated rings. The van der Waals surface area contributed by atoms with Crippen molar-refractivity contribution in [3.05, 3.63) is 28.0 Å². The number of hydrogen-bond donors (Lipinski definition) is 1. The van der Waals surface area contributed by atoms with E-state index in [4.69, 9.17) is 0 Å². The van der Waals surface area contributed by atoms with E-state index in [9.17, 15) is 9.90 Å².